The summed E-state index contributed by atoms with van der Waals surface area (Å²) in [6.45, 7) is 10.9. The van der Waals surface area contributed by atoms with E-state index in [-0.39, 0.29) is 19.6 Å². The summed E-state index contributed by atoms with van der Waals surface area (Å²) in [6.07, 6.45) is -1.14. The molecule has 1 atom stereocenters. The van der Waals surface area contributed by atoms with Crippen molar-refractivity contribution in [1.29, 1.82) is 0 Å². The van der Waals surface area contributed by atoms with Gasteiger partial charge in [0.05, 0.1) is 13.7 Å². The molecule has 0 aliphatic carbocycles. The van der Waals surface area contributed by atoms with E-state index in [0.29, 0.717) is 0 Å². The van der Waals surface area contributed by atoms with E-state index in [1.165, 1.54) is 16.9 Å². The molecule has 0 aromatic carbocycles. The Morgan fingerprint density at radius 3 is 1.77 bits per heavy atom. The van der Waals surface area contributed by atoms with Crippen LogP contribution in [0.2, 0.25) is 0 Å². The topological polar surface area (TPSA) is 106 Å². The molecule has 0 unspecified atom stereocenters. The molecule has 1 fully saturated rings. The molecule has 2 amide bonds. The molecular weight excluding hydrogens is 344 g/mol. The number of esters is 1. The van der Waals surface area contributed by atoms with Crippen LogP contribution in [-0.2, 0) is 19.0 Å². The van der Waals surface area contributed by atoms with Crippen molar-refractivity contribution in [2.75, 3.05) is 33.9 Å². The lowest BCUT2D eigenvalue weighted by Crippen LogP contribution is -2.60. The third-order valence-corrected chi connectivity index (χ3v) is 3.13. The number of piperazine rings is 1. The summed E-state index contributed by atoms with van der Waals surface area (Å²) in [6, 6.07) is -0.925. The Kier molecular flexibility index (Phi) is 8.86. The van der Waals surface area contributed by atoms with Crippen molar-refractivity contribution in [3.63, 3.8) is 0 Å². The highest BCUT2D eigenvalue weighted by molar-refractivity contribution is 5.83. The predicted octanol–water partition coefficient (Wildman–Crippen LogP) is 1.62. The number of ether oxygens (including phenoxy) is 3. The molecule has 9 nitrogen and oxygen atoms in total. The van der Waals surface area contributed by atoms with Crippen LogP contribution in [-0.4, -0.2) is 84.2 Å². The van der Waals surface area contributed by atoms with E-state index in [1.54, 1.807) is 41.5 Å². The van der Waals surface area contributed by atoms with Gasteiger partial charge in [0.1, 0.15) is 11.2 Å². The molecule has 1 saturated heterocycles. The number of carbonyl (C=O) groups excluding carboxylic acids is 3. The van der Waals surface area contributed by atoms with Gasteiger partial charge in [-0.25, -0.2) is 14.4 Å². The van der Waals surface area contributed by atoms with Gasteiger partial charge in [-0.1, -0.05) is 0 Å². The lowest BCUT2D eigenvalue weighted by atomic mass is 10.1. The molecule has 0 aromatic heterocycles. The Bertz CT molecular complexity index is 494. The smallest absolute Gasteiger partial charge is 0.411 e. The minimum Gasteiger partial charge on any atom is -0.467 e. The lowest BCUT2D eigenvalue weighted by Gasteiger charge is -2.40. The SMILES string of the molecule is CO.COC(=O)[C@H]1CN(C(=O)OC(C)(C)C)CCN1C(=O)OC(C)(C)C. The maximum atomic E-state index is 12.3. The third kappa shape index (κ3) is 7.90. The minimum absolute atomic E-state index is 0.000823. The van der Waals surface area contributed by atoms with E-state index >= 15 is 0 Å². The van der Waals surface area contributed by atoms with Gasteiger partial charge in [0.15, 0.2) is 6.04 Å². The second kappa shape index (κ2) is 9.61. The second-order valence-electron chi connectivity index (χ2n) is 7.64. The van der Waals surface area contributed by atoms with Gasteiger partial charge >= 0.3 is 18.2 Å². The largest absolute Gasteiger partial charge is 0.467 e. The Morgan fingerprint density at radius 2 is 1.35 bits per heavy atom. The van der Waals surface area contributed by atoms with E-state index in [9.17, 15) is 14.4 Å². The summed E-state index contributed by atoms with van der Waals surface area (Å²) >= 11 is 0. The van der Waals surface area contributed by atoms with Crippen LogP contribution in [0.1, 0.15) is 41.5 Å². The van der Waals surface area contributed by atoms with Crippen LogP contribution in [0.25, 0.3) is 0 Å². The highest BCUT2D eigenvalue weighted by Gasteiger charge is 2.40. The fourth-order valence-electron chi connectivity index (χ4n) is 2.15. The van der Waals surface area contributed by atoms with Crippen molar-refractivity contribution in [2.45, 2.75) is 58.8 Å². The van der Waals surface area contributed by atoms with Gasteiger partial charge in [0.2, 0.25) is 0 Å². The van der Waals surface area contributed by atoms with Crippen molar-refractivity contribution in [2.24, 2.45) is 0 Å². The first-order valence-electron chi connectivity index (χ1n) is 8.34. The zero-order valence-electron chi connectivity index (χ0n) is 17.0. The van der Waals surface area contributed by atoms with E-state index in [1.807, 2.05) is 0 Å². The Balaban J connectivity index is 0.00000301. The number of aliphatic hydroxyl groups is 1. The summed E-state index contributed by atoms with van der Waals surface area (Å²) in [7, 11) is 2.24. The average Bonchev–Trinajstić information content (AvgIpc) is 2.52. The van der Waals surface area contributed by atoms with Crippen molar-refractivity contribution < 1.29 is 33.7 Å². The molecule has 1 heterocycles. The van der Waals surface area contributed by atoms with Crippen molar-refractivity contribution in [3.05, 3.63) is 0 Å². The van der Waals surface area contributed by atoms with E-state index in [4.69, 9.17) is 19.3 Å². The number of aliphatic hydroxyl groups excluding tert-OH is 1. The van der Waals surface area contributed by atoms with Gasteiger partial charge < -0.3 is 24.2 Å². The summed E-state index contributed by atoms with van der Waals surface area (Å²) in [5.41, 5.74) is -1.32. The first-order chi connectivity index (χ1) is 11.8. The van der Waals surface area contributed by atoms with Crippen LogP contribution >= 0.6 is 0 Å². The summed E-state index contributed by atoms with van der Waals surface area (Å²) in [5, 5.41) is 7.00. The molecule has 26 heavy (non-hydrogen) atoms. The van der Waals surface area contributed by atoms with Gasteiger partial charge in [0.25, 0.3) is 0 Å². The summed E-state index contributed by atoms with van der Waals surface area (Å²) in [4.78, 5) is 39.2. The fourth-order valence-corrected chi connectivity index (χ4v) is 2.15. The Morgan fingerprint density at radius 1 is 0.885 bits per heavy atom. The Labute approximate surface area is 155 Å². The average molecular weight is 376 g/mol. The summed E-state index contributed by atoms with van der Waals surface area (Å²) < 4.78 is 15.4. The second-order valence-corrected chi connectivity index (χ2v) is 7.64. The quantitative estimate of drug-likeness (QED) is 0.547. The van der Waals surface area contributed by atoms with Crippen LogP contribution in [0, 0.1) is 0 Å². The van der Waals surface area contributed by atoms with Gasteiger partial charge in [0, 0.05) is 20.2 Å². The van der Waals surface area contributed by atoms with Crippen LogP contribution < -0.4 is 0 Å². The van der Waals surface area contributed by atoms with Gasteiger partial charge in [-0.15, -0.1) is 0 Å². The highest BCUT2D eigenvalue weighted by atomic mass is 16.6. The van der Waals surface area contributed by atoms with Crippen molar-refractivity contribution in [3.8, 4) is 0 Å². The zero-order chi connectivity index (χ0) is 20.7. The molecule has 0 radical (unpaired) electrons. The maximum absolute atomic E-state index is 12.3. The third-order valence-electron chi connectivity index (χ3n) is 3.13. The molecule has 152 valence electrons. The number of hydrogen-bond acceptors (Lipinski definition) is 7. The molecule has 1 aliphatic heterocycles. The number of amides is 2. The molecular formula is C17H32N2O7. The van der Waals surface area contributed by atoms with Gasteiger partial charge in [-0.3, -0.25) is 4.90 Å². The number of methoxy groups -OCH3 is 1. The van der Waals surface area contributed by atoms with E-state index < -0.39 is 35.4 Å². The number of hydrogen-bond donors (Lipinski definition) is 1. The molecule has 0 bridgehead atoms. The molecule has 0 saturated carbocycles. The number of carbonyl (C=O) groups is 3. The number of nitrogens with zero attached hydrogens (tertiary/aromatic N) is 2. The monoisotopic (exact) mass is 376 g/mol. The van der Waals surface area contributed by atoms with Crippen LogP contribution in [0.3, 0.4) is 0 Å². The fraction of sp³-hybridized carbons (Fsp3) is 0.824. The van der Waals surface area contributed by atoms with Gasteiger partial charge in [-0.2, -0.15) is 0 Å². The van der Waals surface area contributed by atoms with Crippen LogP contribution in [0.15, 0.2) is 0 Å². The molecule has 1 rings (SSSR count). The normalized spacial score (nSPS) is 17.7. The first kappa shape index (κ1) is 24.0. The van der Waals surface area contributed by atoms with Crippen LogP contribution in [0.4, 0.5) is 9.59 Å². The van der Waals surface area contributed by atoms with Crippen molar-refractivity contribution >= 4 is 18.2 Å². The molecule has 0 spiro atoms. The first-order valence-corrected chi connectivity index (χ1v) is 8.34. The molecule has 1 N–H and O–H groups in total. The Hall–Kier alpha value is -2.03. The van der Waals surface area contributed by atoms with Crippen LogP contribution in [0.5, 0.6) is 0 Å². The van der Waals surface area contributed by atoms with E-state index in [2.05, 4.69) is 0 Å². The lowest BCUT2D eigenvalue weighted by molar-refractivity contribution is -0.149. The van der Waals surface area contributed by atoms with E-state index in [0.717, 1.165) is 7.11 Å². The molecule has 1 aliphatic rings. The maximum Gasteiger partial charge on any atom is 0.411 e. The standard InChI is InChI=1S/C16H28N2O6.CH4O/c1-15(2,3)23-13(20)17-8-9-18(11(10-17)12(19)22-7)14(21)24-16(4,5)6;1-2/h11H,8-10H2,1-7H3;2H,1H3/t11-;/m1./s1. The molecule has 0 aromatic rings. The number of rotatable bonds is 1. The van der Waals surface area contributed by atoms with Crippen molar-refractivity contribution in [1.82, 2.24) is 9.80 Å². The molecule has 9 heteroatoms. The minimum atomic E-state index is -0.925. The summed E-state index contributed by atoms with van der Waals surface area (Å²) in [5.74, 6) is -0.603. The highest BCUT2D eigenvalue weighted by Crippen LogP contribution is 2.19. The predicted molar refractivity (Wildman–Crippen MR) is 94.7 cm³/mol. The van der Waals surface area contributed by atoms with Gasteiger partial charge in [-0.05, 0) is 41.5 Å². The zero-order valence-corrected chi connectivity index (χ0v) is 17.0.